The molecule has 1 amide bonds. The zero-order valence-electron chi connectivity index (χ0n) is 19.9. The number of hydrogen-bond donors (Lipinski definition) is 4. The van der Waals surface area contributed by atoms with Gasteiger partial charge in [0.2, 0.25) is 11.9 Å². The summed E-state index contributed by atoms with van der Waals surface area (Å²) in [6.45, 7) is 5.97. The van der Waals surface area contributed by atoms with E-state index in [0.29, 0.717) is 28.6 Å². The number of aliphatic hydroxyl groups is 1. The van der Waals surface area contributed by atoms with E-state index in [1.165, 1.54) is 11.8 Å². The smallest absolute Gasteiger partial charge is 0.263 e. The Morgan fingerprint density at radius 1 is 1.14 bits per heavy atom. The molecule has 0 spiro atoms. The predicted octanol–water partition coefficient (Wildman–Crippen LogP) is 3.60. The molecule has 0 aliphatic carbocycles. The highest BCUT2D eigenvalue weighted by atomic mass is 16.5. The molecule has 0 fully saturated rings. The summed E-state index contributed by atoms with van der Waals surface area (Å²) in [5, 5.41) is 15.5. The minimum absolute atomic E-state index is 0.141. The first-order chi connectivity index (χ1) is 16.8. The molecule has 6 N–H and O–H groups in total. The van der Waals surface area contributed by atoms with Crippen molar-refractivity contribution in [3.05, 3.63) is 77.2 Å². The highest BCUT2D eigenvalue weighted by Crippen LogP contribution is 2.25. The molecular formula is C25H29N7O3. The molecule has 0 unspecified atom stereocenters. The minimum atomic E-state index is -0.473. The summed E-state index contributed by atoms with van der Waals surface area (Å²) in [6.07, 6.45) is 2.29. The summed E-state index contributed by atoms with van der Waals surface area (Å²) in [7, 11) is 0. The van der Waals surface area contributed by atoms with Gasteiger partial charge in [-0.1, -0.05) is 49.3 Å². The lowest BCUT2D eigenvalue weighted by Gasteiger charge is -2.09. The number of nitrogens with two attached hydrogens (primary N) is 2. The van der Waals surface area contributed by atoms with Gasteiger partial charge in [-0.05, 0) is 42.7 Å². The average Bonchev–Trinajstić information content (AvgIpc) is 3.31. The monoisotopic (exact) mass is 475 g/mol. The van der Waals surface area contributed by atoms with Crippen LogP contribution in [0.3, 0.4) is 0 Å². The fourth-order valence-electron chi connectivity index (χ4n) is 3.12. The fraction of sp³-hybridized carbons (Fsp3) is 0.240. The van der Waals surface area contributed by atoms with Gasteiger partial charge in [0, 0.05) is 30.0 Å². The second-order valence-electron chi connectivity index (χ2n) is 8.08. The van der Waals surface area contributed by atoms with Gasteiger partial charge in [0.1, 0.15) is 11.4 Å². The molecule has 0 aliphatic heterocycles. The van der Waals surface area contributed by atoms with Gasteiger partial charge in [-0.15, -0.1) is 0 Å². The molecule has 4 aromatic rings. The van der Waals surface area contributed by atoms with E-state index in [9.17, 15) is 4.79 Å². The Morgan fingerprint density at radius 3 is 2.46 bits per heavy atom. The first kappa shape index (κ1) is 25.3. The molecule has 182 valence electrons. The highest BCUT2D eigenvalue weighted by molar-refractivity contribution is 5.94. The zero-order valence-corrected chi connectivity index (χ0v) is 19.9. The number of rotatable bonds is 7. The van der Waals surface area contributed by atoms with Crippen molar-refractivity contribution in [2.24, 2.45) is 5.73 Å². The number of carbonyl (C=O) groups excluding carboxylic acids is 1. The van der Waals surface area contributed by atoms with E-state index < -0.39 is 5.91 Å². The normalized spacial score (nSPS) is 10.5. The molecule has 10 nitrogen and oxygen atoms in total. The lowest BCUT2D eigenvalue weighted by atomic mass is 10.1. The average molecular weight is 476 g/mol. The summed E-state index contributed by atoms with van der Waals surface area (Å²) in [5.41, 5.74) is 14.9. The minimum Gasteiger partial charge on any atom is -0.396 e. The maximum absolute atomic E-state index is 11.3. The number of primary amides is 1. The number of nitrogen functional groups attached to an aromatic ring is 1. The van der Waals surface area contributed by atoms with Crippen LogP contribution in [0.4, 0.5) is 17.5 Å². The number of hydrogen-bond acceptors (Lipinski definition) is 9. The van der Waals surface area contributed by atoms with Crippen LogP contribution in [0, 0.1) is 6.92 Å². The van der Waals surface area contributed by atoms with Crippen molar-refractivity contribution >= 4 is 23.4 Å². The lowest BCUT2D eigenvalue weighted by molar-refractivity contribution is 0.0999. The van der Waals surface area contributed by atoms with Gasteiger partial charge in [0.25, 0.3) is 5.89 Å². The molecule has 0 saturated heterocycles. The summed E-state index contributed by atoms with van der Waals surface area (Å²) in [6, 6.07) is 15.1. The number of amides is 1. The Balaban J connectivity index is 0.000000320. The van der Waals surface area contributed by atoms with Gasteiger partial charge in [0.15, 0.2) is 5.82 Å². The summed E-state index contributed by atoms with van der Waals surface area (Å²) in [5.74, 6) is 1.06. The maximum atomic E-state index is 11.3. The van der Waals surface area contributed by atoms with Crippen molar-refractivity contribution in [1.29, 1.82) is 0 Å². The van der Waals surface area contributed by atoms with Gasteiger partial charge in [0.05, 0.1) is 0 Å². The summed E-state index contributed by atoms with van der Waals surface area (Å²) < 4.78 is 5.22. The van der Waals surface area contributed by atoms with Gasteiger partial charge < -0.3 is 26.4 Å². The van der Waals surface area contributed by atoms with E-state index in [2.05, 4.69) is 25.4 Å². The van der Waals surface area contributed by atoms with Crippen LogP contribution in [0.1, 0.15) is 47.1 Å². The van der Waals surface area contributed by atoms with Crippen molar-refractivity contribution in [3.63, 3.8) is 0 Å². The number of nitrogens with one attached hydrogen (secondary N) is 1. The number of nitrogens with zero attached hydrogens (tertiary/aromatic N) is 4. The molecule has 0 saturated carbocycles. The van der Waals surface area contributed by atoms with Crippen molar-refractivity contribution in [1.82, 2.24) is 20.1 Å². The molecule has 10 heteroatoms. The molecule has 4 rings (SSSR count). The Bertz CT molecular complexity index is 1270. The quantitative estimate of drug-likeness (QED) is 0.312. The molecule has 2 heterocycles. The first-order valence-electron chi connectivity index (χ1n) is 11.1. The Labute approximate surface area is 203 Å². The van der Waals surface area contributed by atoms with Crippen molar-refractivity contribution in [3.8, 4) is 11.5 Å². The molecule has 2 aromatic carbocycles. The third kappa shape index (κ3) is 6.84. The van der Waals surface area contributed by atoms with E-state index in [4.69, 9.17) is 21.1 Å². The largest absolute Gasteiger partial charge is 0.396 e. The number of aliphatic hydroxyl groups excluding tert-OH is 1. The summed E-state index contributed by atoms with van der Waals surface area (Å²) >= 11 is 0. The van der Waals surface area contributed by atoms with Crippen LogP contribution in [-0.2, 0) is 6.42 Å². The third-order valence-corrected chi connectivity index (χ3v) is 5.00. The van der Waals surface area contributed by atoms with E-state index in [0.717, 1.165) is 12.0 Å². The Morgan fingerprint density at radius 2 is 1.89 bits per heavy atom. The zero-order chi connectivity index (χ0) is 25.4. The predicted molar refractivity (Wildman–Crippen MR) is 134 cm³/mol. The fourth-order valence-corrected chi connectivity index (χ4v) is 3.12. The third-order valence-electron chi connectivity index (χ3n) is 5.00. The number of aryl methyl sites for hydroxylation is 1. The summed E-state index contributed by atoms with van der Waals surface area (Å²) in [4.78, 5) is 24.0. The van der Waals surface area contributed by atoms with Gasteiger partial charge in [-0.25, -0.2) is 4.98 Å². The van der Waals surface area contributed by atoms with E-state index in [1.807, 2.05) is 44.2 Å². The standard InChI is InChI=1S/C17H19N7O2.C8H10O/c1-8(2)15-23-16(26-24-15)12-7-20-17(22-13(12)18)21-10-4-5-11(14(19)25)9(3)6-10;9-7-6-8-4-2-1-3-5-8/h4-8H,1-3H3,(H2,19,25)(H3,18,20,21,22);1-5,9H,6-7H2. The molecule has 2 aromatic heterocycles. The maximum Gasteiger partial charge on any atom is 0.263 e. The van der Waals surface area contributed by atoms with E-state index in [-0.39, 0.29) is 24.2 Å². The van der Waals surface area contributed by atoms with Crippen LogP contribution in [0.5, 0.6) is 0 Å². The second kappa shape index (κ2) is 11.7. The lowest BCUT2D eigenvalue weighted by Crippen LogP contribution is -2.12. The molecule has 0 bridgehead atoms. The van der Waals surface area contributed by atoms with Crippen LogP contribution in [0.2, 0.25) is 0 Å². The van der Waals surface area contributed by atoms with E-state index in [1.54, 1.807) is 25.1 Å². The number of anilines is 3. The van der Waals surface area contributed by atoms with Gasteiger partial charge >= 0.3 is 0 Å². The topological polar surface area (TPSA) is 166 Å². The molecule has 35 heavy (non-hydrogen) atoms. The van der Waals surface area contributed by atoms with Gasteiger partial charge in [-0.2, -0.15) is 9.97 Å². The second-order valence-corrected chi connectivity index (χ2v) is 8.08. The van der Waals surface area contributed by atoms with Gasteiger partial charge in [-0.3, -0.25) is 4.79 Å². The molecule has 0 aliphatic rings. The Hall–Kier alpha value is -4.31. The van der Waals surface area contributed by atoms with Crippen LogP contribution in [0.15, 0.2) is 59.3 Å². The highest BCUT2D eigenvalue weighted by Gasteiger charge is 2.16. The number of benzene rings is 2. The van der Waals surface area contributed by atoms with Crippen LogP contribution in [0.25, 0.3) is 11.5 Å². The SMILES string of the molecule is Cc1cc(Nc2ncc(-c3nc(C(C)C)no3)c(N)n2)ccc1C(N)=O.OCCc1ccccc1. The van der Waals surface area contributed by atoms with Crippen molar-refractivity contribution in [2.45, 2.75) is 33.1 Å². The van der Waals surface area contributed by atoms with Crippen LogP contribution < -0.4 is 16.8 Å². The number of aromatic nitrogens is 4. The first-order valence-corrected chi connectivity index (χ1v) is 11.1. The van der Waals surface area contributed by atoms with Crippen LogP contribution >= 0.6 is 0 Å². The Kier molecular flexibility index (Phi) is 8.47. The van der Waals surface area contributed by atoms with Crippen LogP contribution in [-0.4, -0.2) is 37.7 Å². The molecular weight excluding hydrogens is 446 g/mol. The molecule has 0 radical (unpaired) electrons. The van der Waals surface area contributed by atoms with Crippen molar-refractivity contribution < 1.29 is 14.4 Å². The van der Waals surface area contributed by atoms with Crippen molar-refractivity contribution in [2.75, 3.05) is 17.7 Å². The molecule has 0 atom stereocenters. The number of carbonyl (C=O) groups is 1. The van der Waals surface area contributed by atoms with E-state index >= 15 is 0 Å².